The van der Waals surface area contributed by atoms with Gasteiger partial charge in [-0.15, -0.1) is 0 Å². The summed E-state index contributed by atoms with van der Waals surface area (Å²) in [6, 6.07) is 22.5. The van der Waals surface area contributed by atoms with E-state index in [9.17, 15) is 4.79 Å². The van der Waals surface area contributed by atoms with Crippen molar-refractivity contribution < 1.29 is 9.53 Å². The number of halogens is 1. The first-order chi connectivity index (χ1) is 15.0. The molecule has 6 nitrogen and oxygen atoms in total. The molecule has 4 aromatic rings. The van der Waals surface area contributed by atoms with Crippen molar-refractivity contribution in [2.75, 3.05) is 12.0 Å². The molecular formula is C24H21BrN4O2. The zero-order valence-electron chi connectivity index (χ0n) is 17.1. The number of rotatable bonds is 5. The minimum absolute atomic E-state index is 0.580. The SMILES string of the molecule is COc1ccc(N(C(N)=O)c2ccccc2-c2ccccc2)cc1-c1c(Br)cnn1C. The van der Waals surface area contributed by atoms with Gasteiger partial charge in [0, 0.05) is 18.2 Å². The molecule has 7 heteroatoms. The van der Waals surface area contributed by atoms with Gasteiger partial charge in [0.2, 0.25) is 0 Å². The molecule has 0 saturated heterocycles. The summed E-state index contributed by atoms with van der Waals surface area (Å²) < 4.78 is 8.14. The van der Waals surface area contributed by atoms with Crippen LogP contribution in [-0.4, -0.2) is 22.9 Å². The Kier molecular flexibility index (Phi) is 5.77. The Morgan fingerprint density at radius 1 is 1.03 bits per heavy atom. The van der Waals surface area contributed by atoms with Gasteiger partial charge < -0.3 is 10.5 Å². The van der Waals surface area contributed by atoms with E-state index < -0.39 is 6.03 Å². The van der Waals surface area contributed by atoms with Crippen LogP contribution in [0.15, 0.2) is 83.5 Å². The lowest BCUT2D eigenvalue weighted by molar-refractivity contribution is 0.256. The number of aromatic nitrogens is 2. The molecule has 3 aromatic carbocycles. The minimum atomic E-state index is -0.580. The average Bonchev–Trinajstić information content (AvgIpc) is 3.12. The van der Waals surface area contributed by atoms with Crippen LogP contribution in [0.5, 0.6) is 5.75 Å². The maximum absolute atomic E-state index is 12.7. The number of anilines is 2. The fourth-order valence-corrected chi connectivity index (χ4v) is 4.21. The van der Waals surface area contributed by atoms with Crippen molar-refractivity contribution >= 4 is 33.3 Å². The van der Waals surface area contributed by atoms with Crippen LogP contribution < -0.4 is 15.4 Å². The summed E-state index contributed by atoms with van der Waals surface area (Å²) in [6.07, 6.45) is 1.72. The van der Waals surface area contributed by atoms with Crippen LogP contribution in [0.1, 0.15) is 0 Å². The van der Waals surface area contributed by atoms with E-state index in [-0.39, 0.29) is 0 Å². The van der Waals surface area contributed by atoms with Gasteiger partial charge in [-0.2, -0.15) is 5.10 Å². The summed E-state index contributed by atoms with van der Waals surface area (Å²) >= 11 is 3.55. The standard InChI is InChI=1S/C24H21BrN4O2/c1-28-23(20(25)15-27-28)19-14-17(12-13-22(19)31-2)29(24(26)30)21-11-7-6-10-18(21)16-8-4-3-5-9-16/h3-15H,1-2H3,(H2,26,30). The lowest BCUT2D eigenvalue weighted by Crippen LogP contribution is -2.31. The van der Waals surface area contributed by atoms with Crippen LogP contribution >= 0.6 is 15.9 Å². The number of carbonyl (C=O) groups is 1. The first kappa shape index (κ1) is 20.7. The second-order valence-corrected chi connectivity index (χ2v) is 7.76. The van der Waals surface area contributed by atoms with Crippen molar-refractivity contribution in [1.82, 2.24) is 9.78 Å². The second kappa shape index (κ2) is 8.65. The van der Waals surface area contributed by atoms with Gasteiger partial charge in [0.15, 0.2) is 0 Å². The van der Waals surface area contributed by atoms with Gasteiger partial charge >= 0.3 is 6.03 Å². The second-order valence-electron chi connectivity index (χ2n) is 6.91. The molecule has 0 atom stereocenters. The maximum Gasteiger partial charge on any atom is 0.323 e. The molecule has 4 rings (SSSR count). The highest BCUT2D eigenvalue weighted by atomic mass is 79.9. The molecule has 156 valence electrons. The number of amides is 2. The third kappa shape index (κ3) is 3.92. The monoisotopic (exact) mass is 476 g/mol. The molecule has 0 bridgehead atoms. The van der Waals surface area contributed by atoms with Gasteiger partial charge in [0.25, 0.3) is 0 Å². The van der Waals surface area contributed by atoms with E-state index in [2.05, 4.69) is 21.0 Å². The van der Waals surface area contributed by atoms with Crippen molar-refractivity contribution in [3.8, 4) is 28.1 Å². The zero-order valence-corrected chi connectivity index (χ0v) is 18.7. The number of hydrogen-bond donors (Lipinski definition) is 1. The number of benzene rings is 3. The molecule has 0 spiro atoms. The van der Waals surface area contributed by atoms with Gasteiger partial charge in [-0.25, -0.2) is 4.79 Å². The molecule has 2 N–H and O–H groups in total. The van der Waals surface area contributed by atoms with Crippen molar-refractivity contribution in [2.45, 2.75) is 0 Å². The van der Waals surface area contributed by atoms with Gasteiger partial charge in [-0.1, -0.05) is 48.5 Å². The molecular weight excluding hydrogens is 456 g/mol. The normalized spacial score (nSPS) is 10.7. The summed E-state index contributed by atoms with van der Waals surface area (Å²) in [6.45, 7) is 0. The van der Waals surface area contributed by atoms with E-state index in [1.54, 1.807) is 18.0 Å². The molecule has 0 fully saturated rings. The van der Waals surface area contributed by atoms with Gasteiger partial charge in [0.05, 0.1) is 34.8 Å². The zero-order chi connectivity index (χ0) is 22.0. The Bertz CT molecular complexity index is 1220. The topological polar surface area (TPSA) is 73.4 Å². The van der Waals surface area contributed by atoms with Crippen LogP contribution in [0, 0.1) is 0 Å². The van der Waals surface area contributed by atoms with E-state index in [4.69, 9.17) is 10.5 Å². The lowest BCUT2D eigenvalue weighted by Gasteiger charge is -2.25. The number of primary amides is 1. The number of nitrogens with zero attached hydrogens (tertiary/aromatic N) is 3. The minimum Gasteiger partial charge on any atom is -0.496 e. The molecule has 1 heterocycles. The summed E-state index contributed by atoms with van der Waals surface area (Å²) in [7, 11) is 3.46. The van der Waals surface area contributed by atoms with Crippen LogP contribution in [-0.2, 0) is 7.05 Å². The van der Waals surface area contributed by atoms with Crippen LogP contribution in [0.3, 0.4) is 0 Å². The molecule has 2 amide bonds. The maximum atomic E-state index is 12.7. The van der Waals surface area contributed by atoms with Gasteiger partial charge in [0.1, 0.15) is 5.75 Å². The predicted molar refractivity (Wildman–Crippen MR) is 126 cm³/mol. The average molecular weight is 477 g/mol. The van der Waals surface area contributed by atoms with Crippen LogP contribution in [0.25, 0.3) is 22.4 Å². The lowest BCUT2D eigenvalue weighted by atomic mass is 10.0. The fraction of sp³-hybridized carbons (Fsp3) is 0.0833. The number of ether oxygens (including phenoxy) is 1. The Hall–Kier alpha value is -3.58. The molecule has 31 heavy (non-hydrogen) atoms. The smallest absolute Gasteiger partial charge is 0.323 e. The number of aryl methyl sites for hydroxylation is 1. The quantitative estimate of drug-likeness (QED) is 0.398. The highest BCUT2D eigenvalue weighted by molar-refractivity contribution is 9.10. The number of carbonyl (C=O) groups excluding carboxylic acids is 1. The Morgan fingerprint density at radius 3 is 2.39 bits per heavy atom. The highest BCUT2D eigenvalue weighted by Crippen LogP contribution is 2.40. The van der Waals surface area contributed by atoms with Gasteiger partial charge in [-0.3, -0.25) is 9.58 Å². The van der Waals surface area contributed by atoms with E-state index in [1.807, 2.05) is 79.8 Å². The Labute approximate surface area is 189 Å². The van der Waals surface area contributed by atoms with Crippen molar-refractivity contribution in [3.63, 3.8) is 0 Å². The predicted octanol–water partition coefficient (Wildman–Crippen LogP) is 5.74. The molecule has 0 aliphatic rings. The number of nitrogens with two attached hydrogens (primary N) is 1. The third-order valence-corrected chi connectivity index (χ3v) is 5.62. The van der Waals surface area contributed by atoms with Gasteiger partial charge in [-0.05, 0) is 45.8 Å². The number of methoxy groups -OCH3 is 1. The van der Waals surface area contributed by atoms with E-state index >= 15 is 0 Å². The molecule has 0 saturated carbocycles. The molecule has 1 aromatic heterocycles. The van der Waals surface area contributed by atoms with E-state index in [0.717, 1.165) is 26.9 Å². The van der Waals surface area contributed by atoms with Crippen molar-refractivity contribution in [1.29, 1.82) is 0 Å². The van der Waals surface area contributed by atoms with Crippen LogP contribution in [0.2, 0.25) is 0 Å². The van der Waals surface area contributed by atoms with E-state index in [1.165, 1.54) is 4.90 Å². The third-order valence-electron chi connectivity index (χ3n) is 5.04. The summed E-state index contributed by atoms with van der Waals surface area (Å²) in [5.74, 6) is 0.661. The van der Waals surface area contributed by atoms with Crippen molar-refractivity contribution in [2.24, 2.45) is 12.8 Å². The number of para-hydroxylation sites is 1. The Balaban J connectivity index is 1.91. The first-order valence-corrected chi connectivity index (χ1v) is 10.4. The summed E-state index contributed by atoms with van der Waals surface area (Å²) in [5, 5.41) is 4.30. The Morgan fingerprint density at radius 2 is 1.74 bits per heavy atom. The van der Waals surface area contributed by atoms with Crippen LogP contribution in [0.4, 0.5) is 16.2 Å². The number of urea groups is 1. The molecule has 0 aliphatic heterocycles. The highest BCUT2D eigenvalue weighted by Gasteiger charge is 2.22. The largest absolute Gasteiger partial charge is 0.496 e. The number of hydrogen-bond acceptors (Lipinski definition) is 3. The fourth-order valence-electron chi connectivity index (χ4n) is 3.65. The molecule has 0 aliphatic carbocycles. The summed E-state index contributed by atoms with van der Waals surface area (Å²) in [5.41, 5.74) is 10.7. The van der Waals surface area contributed by atoms with Crippen molar-refractivity contribution in [3.05, 3.63) is 83.5 Å². The molecule has 0 unspecified atom stereocenters. The van der Waals surface area contributed by atoms with E-state index in [0.29, 0.717) is 17.1 Å². The molecule has 0 radical (unpaired) electrons. The first-order valence-electron chi connectivity index (χ1n) is 9.61. The summed E-state index contributed by atoms with van der Waals surface area (Å²) in [4.78, 5) is 14.2.